The molecule has 0 bridgehead atoms. The van der Waals surface area contributed by atoms with Crippen LogP contribution in [-0.4, -0.2) is 54.9 Å². The summed E-state index contributed by atoms with van der Waals surface area (Å²) < 4.78 is 0. The monoisotopic (exact) mass is 493 g/mol. The summed E-state index contributed by atoms with van der Waals surface area (Å²) >= 11 is 1.48. The van der Waals surface area contributed by atoms with E-state index >= 15 is 0 Å². The number of benzene rings is 1. The van der Waals surface area contributed by atoms with Gasteiger partial charge in [-0.3, -0.25) is 14.9 Å². The maximum Gasteiger partial charge on any atom is 0.169 e. The molecule has 8 nitrogen and oxygen atoms in total. The zero-order valence-electron chi connectivity index (χ0n) is 20.0. The predicted octanol–water partition coefficient (Wildman–Crippen LogP) is 5.56. The Bertz CT molecular complexity index is 1740. The number of hydrogen-bond acceptors (Lipinski definition) is 7. The van der Waals surface area contributed by atoms with E-state index in [1.807, 2.05) is 69.0 Å². The number of ketones is 1. The van der Waals surface area contributed by atoms with Crippen molar-refractivity contribution in [2.45, 2.75) is 13.5 Å². The van der Waals surface area contributed by atoms with Crippen molar-refractivity contribution < 1.29 is 4.79 Å². The molecule has 6 rings (SSSR count). The van der Waals surface area contributed by atoms with E-state index in [0.29, 0.717) is 11.5 Å². The zero-order chi connectivity index (χ0) is 24.8. The molecule has 1 aromatic carbocycles. The Kier molecular flexibility index (Phi) is 5.43. The second-order valence-corrected chi connectivity index (χ2v) is 10.1. The van der Waals surface area contributed by atoms with Gasteiger partial charge in [0.25, 0.3) is 0 Å². The fourth-order valence-corrected chi connectivity index (χ4v) is 5.25. The standard InChI is InChI=1S/C27H23N7OS/c1-15(35)22-9-10-23(36-22)18-5-4-6-20-24(18)31-27(30-20)26-25-21(32-33-26)8-7-19(29-25)17-11-16(12-28-13-17)14-34(2)3/h4-13H,14H2,1-3H3,(H,30,31)(H,32,33). The highest BCUT2D eigenvalue weighted by Crippen LogP contribution is 2.35. The number of imidazole rings is 1. The van der Waals surface area contributed by atoms with Gasteiger partial charge in [-0.15, -0.1) is 11.3 Å². The molecule has 0 saturated heterocycles. The fourth-order valence-electron chi connectivity index (χ4n) is 4.32. The van der Waals surface area contributed by atoms with Crippen molar-refractivity contribution in [3.8, 4) is 33.2 Å². The second kappa shape index (κ2) is 8.78. The van der Waals surface area contributed by atoms with Gasteiger partial charge >= 0.3 is 0 Å². The Balaban J connectivity index is 1.43. The molecule has 0 spiro atoms. The van der Waals surface area contributed by atoms with Gasteiger partial charge in [0.2, 0.25) is 0 Å². The van der Waals surface area contributed by atoms with Gasteiger partial charge in [-0.1, -0.05) is 12.1 Å². The minimum atomic E-state index is 0.0634. The molecule has 0 aliphatic rings. The third-order valence-corrected chi connectivity index (χ3v) is 7.17. The molecule has 0 fully saturated rings. The number of carbonyl (C=O) groups is 1. The Morgan fingerprint density at radius 2 is 1.89 bits per heavy atom. The molecule has 0 amide bonds. The van der Waals surface area contributed by atoms with E-state index in [2.05, 4.69) is 31.1 Å². The Morgan fingerprint density at radius 1 is 1.00 bits per heavy atom. The molecule has 6 aromatic rings. The van der Waals surface area contributed by atoms with Crippen LogP contribution < -0.4 is 0 Å². The molecule has 0 unspecified atom stereocenters. The minimum absolute atomic E-state index is 0.0634. The van der Waals surface area contributed by atoms with Crippen molar-refractivity contribution in [1.29, 1.82) is 0 Å². The number of para-hydroxylation sites is 1. The predicted molar refractivity (Wildman–Crippen MR) is 143 cm³/mol. The van der Waals surface area contributed by atoms with Gasteiger partial charge in [0.15, 0.2) is 17.3 Å². The van der Waals surface area contributed by atoms with Crippen LogP contribution in [0.2, 0.25) is 0 Å². The van der Waals surface area contributed by atoms with Gasteiger partial charge in [-0.05, 0) is 63.0 Å². The van der Waals surface area contributed by atoms with Gasteiger partial charge in [0.05, 0.1) is 27.1 Å². The van der Waals surface area contributed by atoms with E-state index in [-0.39, 0.29) is 5.78 Å². The number of aromatic amines is 2. The van der Waals surface area contributed by atoms with Crippen LogP contribution in [0.5, 0.6) is 0 Å². The molecule has 0 aliphatic carbocycles. The van der Waals surface area contributed by atoms with Gasteiger partial charge in [-0.25, -0.2) is 9.97 Å². The number of nitrogens with one attached hydrogen (secondary N) is 2. The van der Waals surface area contributed by atoms with E-state index in [0.717, 1.165) is 60.8 Å². The van der Waals surface area contributed by atoms with Crippen LogP contribution in [0.15, 0.2) is 60.9 Å². The van der Waals surface area contributed by atoms with Crippen molar-refractivity contribution in [1.82, 2.24) is 35.0 Å². The van der Waals surface area contributed by atoms with E-state index in [1.54, 1.807) is 6.92 Å². The SMILES string of the molecule is CC(=O)c1ccc(-c2cccc3[nH]c(-c4n[nH]c5ccc(-c6cncc(CN(C)C)c6)nc45)nc23)s1. The molecule has 0 aliphatic heterocycles. The van der Waals surface area contributed by atoms with Crippen molar-refractivity contribution in [3.05, 3.63) is 71.4 Å². The third-order valence-electron chi connectivity index (χ3n) is 5.95. The normalized spacial score (nSPS) is 11.7. The number of hydrogen-bond donors (Lipinski definition) is 2. The summed E-state index contributed by atoms with van der Waals surface area (Å²) in [6, 6.07) is 15.9. The fraction of sp³-hybridized carbons (Fsp3) is 0.148. The van der Waals surface area contributed by atoms with Gasteiger partial charge in [0, 0.05) is 34.9 Å². The summed E-state index contributed by atoms with van der Waals surface area (Å²) in [7, 11) is 4.07. The van der Waals surface area contributed by atoms with Gasteiger partial charge < -0.3 is 9.88 Å². The number of pyridine rings is 2. The summed E-state index contributed by atoms with van der Waals surface area (Å²) in [5.74, 6) is 0.699. The highest BCUT2D eigenvalue weighted by molar-refractivity contribution is 7.17. The summed E-state index contributed by atoms with van der Waals surface area (Å²) in [6.07, 6.45) is 3.71. The average Bonchev–Trinajstić information content (AvgIpc) is 3.60. The largest absolute Gasteiger partial charge is 0.336 e. The molecule has 5 heterocycles. The first-order chi connectivity index (χ1) is 17.5. The van der Waals surface area contributed by atoms with Crippen LogP contribution in [-0.2, 0) is 6.54 Å². The smallest absolute Gasteiger partial charge is 0.169 e. The molecule has 0 radical (unpaired) electrons. The van der Waals surface area contributed by atoms with Crippen LogP contribution in [0.25, 0.3) is 55.3 Å². The Labute approximate surface area is 211 Å². The number of aromatic nitrogens is 6. The number of rotatable bonds is 6. The first-order valence-corrected chi connectivity index (χ1v) is 12.3. The number of nitrogens with zero attached hydrogens (tertiary/aromatic N) is 5. The van der Waals surface area contributed by atoms with Crippen LogP contribution in [0.4, 0.5) is 0 Å². The van der Waals surface area contributed by atoms with Crippen LogP contribution in [0.1, 0.15) is 22.2 Å². The van der Waals surface area contributed by atoms with Crippen molar-refractivity contribution in [2.75, 3.05) is 14.1 Å². The first kappa shape index (κ1) is 22.3. The van der Waals surface area contributed by atoms with Crippen LogP contribution >= 0.6 is 11.3 Å². The summed E-state index contributed by atoms with van der Waals surface area (Å²) in [6.45, 7) is 2.39. The molecular formula is C27H23N7OS. The summed E-state index contributed by atoms with van der Waals surface area (Å²) in [4.78, 5) is 33.3. The van der Waals surface area contributed by atoms with Crippen molar-refractivity contribution in [2.24, 2.45) is 0 Å². The first-order valence-electron chi connectivity index (χ1n) is 11.5. The second-order valence-electron chi connectivity index (χ2n) is 8.99. The Morgan fingerprint density at radius 3 is 2.69 bits per heavy atom. The average molecular weight is 494 g/mol. The molecule has 0 saturated carbocycles. The molecule has 5 aromatic heterocycles. The highest BCUT2D eigenvalue weighted by Gasteiger charge is 2.18. The number of carbonyl (C=O) groups excluding carboxylic acids is 1. The summed E-state index contributed by atoms with van der Waals surface area (Å²) in [5, 5.41) is 7.62. The lowest BCUT2D eigenvalue weighted by molar-refractivity contribution is 0.102. The topological polar surface area (TPSA) is 103 Å². The molecule has 178 valence electrons. The molecule has 36 heavy (non-hydrogen) atoms. The lowest BCUT2D eigenvalue weighted by atomic mass is 10.1. The maximum atomic E-state index is 11.8. The number of fused-ring (bicyclic) bond motifs is 2. The summed E-state index contributed by atoms with van der Waals surface area (Å²) in [5.41, 5.74) is 7.83. The molecule has 0 atom stereocenters. The van der Waals surface area contributed by atoms with E-state index in [4.69, 9.17) is 9.97 Å². The van der Waals surface area contributed by atoms with Gasteiger partial charge in [0.1, 0.15) is 5.52 Å². The van der Waals surface area contributed by atoms with Crippen LogP contribution in [0, 0.1) is 0 Å². The van der Waals surface area contributed by atoms with Crippen LogP contribution in [0.3, 0.4) is 0 Å². The number of Topliss-reactive ketones (excluding diaryl/α,β-unsaturated/α-hetero) is 1. The lowest BCUT2D eigenvalue weighted by Crippen LogP contribution is -2.10. The highest BCUT2D eigenvalue weighted by atomic mass is 32.1. The number of H-pyrrole nitrogens is 2. The van der Waals surface area contributed by atoms with Crippen molar-refractivity contribution >= 4 is 39.2 Å². The zero-order valence-corrected chi connectivity index (χ0v) is 20.8. The van der Waals surface area contributed by atoms with E-state index in [9.17, 15) is 4.79 Å². The molecule has 2 N–H and O–H groups in total. The van der Waals surface area contributed by atoms with E-state index < -0.39 is 0 Å². The minimum Gasteiger partial charge on any atom is -0.336 e. The molecular weight excluding hydrogens is 470 g/mol. The maximum absolute atomic E-state index is 11.8. The lowest BCUT2D eigenvalue weighted by Gasteiger charge is -2.10. The quantitative estimate of drug-likeness (QED) is 0.295. The third kappa shape index (κ3) is 3.98. The Hall–Kier alpha value is -4.21. The molecule has 9 heteroatoms. The number of thiophene rings is 1. The van der Waals surface area contributed by atoms with E-state index in [1.165, 1.54) is 11.3 Å². The van der Waals surface area contributed by atoms with Gasteiger partial charge in [-0.2, -0.15) is 5.10 Å². The van der Waals surface area contributed by atoms with Crippen molar-refractivity contribution in [3.63, 3.8) is 0 Å².